The molecule has 1 fully saturated rings. The van der Waals surface area contributed by atoms with E-state index in [2.05, 4.69) is 38.6 Å². The van der Waals surface area contributed by atoms with Gasteiger partial charge >= 0.3 is 0 Å². The van der Waals surface area contributed by atoms with E-state index >= 15 is 0 Å². The van der Waals surface area contributed by atoms with Gasteiger partial charge in [0.1, 0.15) is 0 Å². The van der Waals surface area contributed by atoms with Crippen LogP contribution in [0.2, 0.25) is 0 Å². The number of rotatable bonds is 9. The molecule has 0 spiro atoms. The Kier molecular flexibility index (Phi) is 7.20. The van der Waals surface area contributed by atoms with E-state index in [0.29, 0.717) is 12.5 Å². The molecule has 0 unspecified atom stereocenters. The van der Waals surface area contributed by atoms with Crippen molar-refractivity contribution in [2.24, 2.45) is 11.3 Å². The van der Waals surface area contributed by atoms with Gasteiger partial charge in [0.25, 0.3) is 0 Å². The summed E-state index contributed by atoms with van der Waals surface area (Å²) >= 11 is 0. The van der Waals surface area contributed by atoms with E-state index in [1.807, 2.05) is 0 Å². The van der Waals surface area contributed by atoms with Crippen LogP contribution in [0.4, 0.5) is 0 Å². The van der Waals surface area contributed by atoms with Crippen LogP contribution in [0.5, 0.6) is 0 Å². The molecule has 0 heterocycles. The molecule has 0 radical (unpaired) electrons. The number of allylic oxidation sites excluding steroid dienone is 1. The van der Waals surface area contributed by atoms with Crippen LogP contribution >= 0.6 is 0 Å². The lowest BCUT2D eigenvalue weighted by molar-refractivity contribution is 0.147. The summed E-state index contributed by atoms with van der Waals surface area (Å²) in [4.78, 5) is 0. The van der Waals surface area contributed by atoms with Crippen LogP contribution in [0.1, 0.15) is 101 Å². The molecule has 2 aliphatic carbocycles. The maximum atomic E-state index is 9.65. The standard InChI is InChI=1S/C26H40O/c1-4-20(2)8-6-5-7-9-21-10-11-23-17-24(13-12-22(23)16-21)25-14-15-26(3,18-25)19-27/h12-13,17,21,25,27H,2,4-11,14-16,18-19H2,1,3H3/t21-,25+,26+/m1/s1. The maximum Gasteiger partial charge on any atom is 0.0484 e. The van der Waals surface area contributed by atoms with E-state index in [1.54, 1.807) is 11.1 Å². The monoisotopic (exact) mass is 368 g/mol. The van der Waals surface area contributed by atoms with Gasteiger partial charge in [0.2, 0.25) is 0 Å². The number of hydrogen-bond acceptors (Lipinski definition) is 1. The summed E-state index contributed by atoms with van der Waals surface area (Å²) < 4.78 is 0. The highest BCUT2D eigenvalue weighted by molar-refractivity contribution is 5.36. The average Bonchev–Trinajstić information content (AvgIpc) is 3.10. The molecule has 2 aliphatic rings. The second-order valence-corrected chi connectivity index (χ2v) is 9.75. The second-order valence-electron chi connectivity index (χ2n) is 9.75. The minimum absolute atomic E-state index is 0.148. The molecule has 1 aromatic rings. The lowest BCUT2D eigenvalue weighted by Crippen LogP contribution is -2.17. The Bertz CT molecular complexity index is 631. The van der Waals surface area contributed by atoms with Crippen LogP contribution in [0.15, 0.2) is 30.4 Å². The van der Waals surface area contributed by atoms with Crippen LogP contribution in [-0.2, 0) is 12.8 Å². The van der Waals surface area contributed by atoms with Gasteiger partial charge in [0, 0.05) is 6.61 Å². The highest BCUT2D eigenvalue weighted by atomic mass is 16.3. The zero-order chi connectivity index (χ0) is 19.3. The quantitative estimate of drug-likeness (QED) is 0.368. The smallest absolute Gasteiger partial charge is 0.0484 e. The number of benzene rings is 1. The molecular formula is C26H40O. The molecular weight excluding hydrogens is 328 g/mol. The van der Waals surface area contributed by atoms with Gasteiger partial charge in [-0.3, -0.25) is 0 Å². The van der Waals surface area contributed by atoms with Gasteiger partial charge in [0.15, 0.2) is 0 Å². The normalized spacial score (nSPS) is 27.5. The zero-order valence-electron chi connectivity index (χ0n) is 17.7. The molecule has 1 N–H and O–H groups in total. The molecule has 0 aromatic heterocycles. The Morgan fingerprint density at radius 2 is 2.04 bits per heavy atom. The summed E-state index contributed by atoms with van der Waals surface area (Å²) in [5, 5.41) is 9.65. The van der Waals surface area contributed by atoms with E-state index in [4.69, 9.17) is 0 Å². The fraction of sp³-hybridized carbons (Fsp3) is 0.692. The van der Waals surface area contributed by atoms with Gasteiger partial charge in [-0.05, 0) is 91.7 Å². The van der Waals surface area contributed by atoms with Crippen molar-refractivity contribution in [3.63, 3.8) is 0 Å². The van der Waals surface area contributed by atoms with Gasteiger partial charge in [0.05, 0.1) is 0 Å². The fourth-order valence-corrected chi connectivity index (χ4v) is 5.26. The predicted molar refractivity (Wildman–Crippen MR) is 116 cm³/mol. The van der Waals surface area contributed by atoms with Crippen LogP contribution in [-0.4, -0.2) is 11.7 Å². The highest BCUT2D eigenvalue weighted by Gasteiger charge is 2.35. The zero-order valence-corrected chi connectivity index (χ0v) is 17.7. The van der Waals surface area contributed by atoms with Crippen molar-refractivity contribution >= 4 is 0 Å². The van der Waals surface area contributed by atoms with E-state index in [0.717, 1.165) is 18.8 Å². The van der Waals surface area contributed by atoms with E-state index < -0.39 is 0 Å². The number of aliphatic hydroxyl groups excluding tert-OH is 1. The predicted octanol–water partition coefficient (Wildman–Crippen LogP) is 6.97. The summed E-state index contributed by atoms with van der Waals surface area (Å²) in [6.07, 6.45) is 15.3. The molecule has 1 nitrogen and oxygen atoms in total. The summed E-state index contributed by atoms with van der Waals surface area (Å²) in [7, 11) is 0. The first-order chi connectivity index (χ1) is 13.0. The molecule has 27 heavy (non-hydrogen) atoms. The summed E-state index contributed by atoms with van der Waals surface area (Å²) in [5.41, 5.74) is 6.31. The molecule has 0 saturated heterocycles. The Labute approximate surface area is 167 Å². The van der Waals surface area contributed by atoms with Gasteiger partial charge in [-0.25, -0.2) is 0 Å². The van der Waals surface area contributed by atoms with Crippen LogP contribution in [0, 0.1) is 11.3 Å². The summed E-state index contributed by atoms with van der Waals surface area (Å²) in [6, 6.07) is 7.33. The lowest BCUT2D eigenvalue weighted by Gasteiger charge is -2.26. The van der Waals surface area contributed by atoms with E-state index in [-0.39, 0.29) is 5.41 Å². The number of aliphatic hydroxyl groups is 1. The molecule has 0 bridgehead atoms. The SMILES string of the molecule is C=C(CC)CCCCC[C@@H]1CCc2cc([C@H]3CC[C@](C)(CO)C3)ccc2C1. The minimum atomic E-state index is 0.148. The molecule has 1 saturated carbocycles. The Morgan fingerprint density at radius 1 is 1.19 bits per heavy atom. The van der Waals surface area contributed by atoms with Crippen molar-refractivity contribution in [3.8, 4) is 0 Å². The molecule has 0 aliphatic heterocycles. The molecule has 0 amide bonds. The third kappa shape index (κ3) is 5.47. The first kappa shape index (κ1) is 20.6. The van der Waals surface area contributed by atoms with Crippen molar-refractivity contribution in [1.82, 2.24) is 0 Å². The Balaban J connectivity index is 1.47. The molecule has 3 atom stereocenters. The van der Waals surface area contributed by atoms with Crippen LogP contribution in [0.25, 0.3) is 0 Å². The number of hydrogen-bond donors (Lipinski definition) is 1. The first-order valence-electron chi connectivity index (χ1n) is 11.4. The molecule has 1 aromatic carbocycles. The topological polar surface area (TPSA) is 20.2 Å². The third-order valence-electron chi connectivity index (χ3n) is 7.39. The highest BCUT2D eigenvalue weighted by Crippen LogP contribution is 2.46. The third-order valence-corrected chi connectivity index (χ3v) is 7.39. The van der Waals surface area contributed by atoms with Gasteiger partial charge in [-0.1, -0.05) is 63.5 Å². The number of unbranched alkanes of at least 4 members (excludes halogenated alkanes) is 2. The largest absolute Gasteiger partial charge is 0.396 e. The van der Waals surface area contributed by atoms with E-state index in [9.17, 15) is 5.11 Å². The number of fused-ring (bicyclic) bond motifs is 1. The van der Waals surface area contributed by atoms with E-state index in [1.165, 1.54) is 75.3 Å². The summed E-state index contributed by atoms with van der Waals surface area (Å²) in [5.74, 6) is 1.55. The van der Waals surface area contributed by atoms with Crippen molar-refractivity contribution in [1.29, 1.82) is 0 Å². The van der Waals surface area contributed by atoms with Crippen molar-refractivity contribution in [3.05, 3.63) is 47.0 Å². The first-order valence-corrected chi connectivity index (χ1v) is 11.4. The maximum absolute atomic E-state index is 9.65. The van der Waals surface area contributed by atoms with Crippen molar-refractivity contribution in [2.45, 2.75) is 96.8 Å². The van der Waals surface area contributed by atoms with Gasteiger partial charge < -0.3 is 5.11 Å². The molecule has 3 rings (SSSR count). The van der Waals surface area contributed by atoms with Gasteiger partial charge in [-0.2, -0.15) is 0 Å². The number of aryl methyl sites for hydroxylation is 1. The minimum Gasteiger partial charge on any atom is -0.396 e. The van der Waals surface area contributed by atoms with Crippen molar-refractivity contribution in [2.75, 3.05) is 6.61 Å². The average molecular weight is 369 g/mol. The fourth-order valence-electron chi connectivity index (χ4n) is 5.26. The molecule has 150 valence electrons. The van der Waals surface area contributed by atoms with Gasteiger partial charge in [-0.15, -0.1) is 0 Å². The Hall–Kier alpha value is -1.08. The second kappa shape index (κ2) is 9.41. The van der Waals surface area contributed by atoms with Crippen molar-refractivity contribution < 1.29 is 5.11 Å². The van der Waals surface area contributed by atoms with Crippen LogP contribution in [0.3, 0.4) is 0 Å². The molecule has 1 heteroatoms. The Morgan fingerprint density at radius 3 is 2.78 bits per heavy atom. The summed E-state index contributed by atoms with van der Waals surface area (Å²) in [6.45, 7) is 8.92. The van der Waals surface area contributed by atoms with Crippen LogP contribution < -0.4 is 0 Å². The lowest BCUT2D eigenvalue weighted by atomic mass is 9.79.